The lowest BCUT2D eigenvalue weighted by Gasteiger charge is -2.42. The summed E-state index contributed by atoms with van der Waals surface area (Å²) in [6, 6.07) is 8.27. The quantitative estimate of drug-likeness (QED) is 0.288. The van der Waals surface area contributed by atoms with Crippen molar-refractivity contribution in [2.45, 2.75) is 50.7 Å². The zero-order valence-corrected chi connectivity index (χ0v) is 26.2. The summed E-state index contributed by atoms with van der Waals surface area (Å²) in [4.78, 5) is 14.5. The maximum atomic E-state index is 17.3. The van der Waals surface area contributed by atoms with E-state index in [9.17, 15) is 10.4 Å². The van der Waals surface area contributed by atoms with Crippen molar-refractivity contribution < 1.29 is 28.4 Å². The van der Waals surface area contributed by atoms with E-state index < -0.39 is 5.82 Å². The summed E-state index contributed by atoms with van der Waals surface area (Å²) in [5.74, 6) is 0.165. The van der Waals surface area contributed by atoms with E-state index in [2.05, 4.69) is 15.9 Å². The maximum absolute atomic E-state index is 17.3. The van der Waals surface area contributed by atoms with Gasteiger partial charge in [0, 0.05) is 54.0 Å². The first-order valence-electron chi connectivity index (χ1n) is 15.8. The van der Waals surface area contributed by atoms with Crippen molar-refractivity contribution in [3.05, 3.63) is 40.7 Å². The van der Waals surface area contributed by atoms with E-state index in [1.807, 2.05) is 18.2 Å². The molecule has 2 unspecified atom stereocenters. The van der Waals surface area contributed by atoms with Gasteiger partial charge in [0.1, 0.15) is 35.1 Å². The molecular weight excluding hydrogens is 611 g/mol. The smallest absolute Gasteiger partial charge is 0.319 e. The van der Waals surface area contributed by atoms with Gasteiger partial charge < -0.3 is 34.7 Å². The summed E-state index contributed by atoms with van der Waals surface area (Å²) in [5, 5.41) is 21.1. The molecular formula is C33H35FN6O5S. The molecule has 3 N–H and O–H groups in total. The van der Waals surface area contributed by atoms with E-state index in [4.69, 9.17) is 34.6 Å². The van der Waals surface area contributed by atoms with Gasteiger partial charge in [-0.1, -0.05) is 12.1 Å². The zero-order chi connectivity index (χ0) is 31.4. The van der Waals surface area contributed by atoms with Crippen LogP contribution in [0.25, 0.3) is 32.1 Å². The summed E-state index contributed by atoms with van der Waals surface area (Å²) in [7, 11) is 0. The van der Waals surface area contributed by atoms with Gasteiger partial charge in [0.25, 0.3) is 0 Å². The third kappa shape index (κ3) is 4.95. The van der Waals surface area contributed by atoms with Crippen LogP contribution in [0.5, 0.6) is 6.01 Å². The minimum atomic E-state index is -0.500. The van der Waals surface area contributed by atoms with Gasteiger partial charge in [-0.3, -0.25) is 4.90 Å². The largest absolute Gasteiger partial charge is 0.461 e. The lowest BCUT2D eigenvalue weighted by atomic mass is 9.90. The molecule has 2 aromatic heterocycles. The summed E-state index contributed by atoms with van der Waals surface area (Å²) in [5.41, 5.74) is 9.32. The number of aromatic nitrogens is 2. The molecule has 13 heteroatoms. The van der Waals surface area contributed by atoms with Crippen molar-refractivity contribution in [2.24, 2.45) is 0 Å². The molecule has 0 amide bonds. The number of nitrogens with two attached hydrogens (primary N) is 1. The number of halogens is 1. The fraction of sp³-hybridized carbons (Fsp3) is 0.485. The van der Waals surface area contributed by atoms with Gasteiger partial charge in [0.2, 0.25) is 0 Å². The molecule has 4 aliphatic rings. The zero-order valence-electron chi connectivity index (χ0n) is 25.3. The first-order valence-corrected chi connectivity index (χ1v) is 16.6. The molecule has 6 heterocycles. The van der Waals surface area contributed by atoms with Crippen LogP contribution in [-0.2, 0) is 27.4 Å². The molecule has 0 radical (unpaired) electrons. The number of hydrogen-bond acceptors (Lipinski definition) is 12. The molecule has 2 bridgehead atoms. The average Bonchev–Trinajstić information content (AvgIpc) is 3.76. The summed E-state index contributed by atoms with van der Waals surface area (Å²) in [6.07, 6.45) is 2.44. The number of hydrogen-bond donors (Lipinski definition) is 2. The van der Waals surface area contributed by atoms with Crippen molar-refractivity contribution in [2.75, 3.05) is 63.3 Å². The van der Waals surface area contributed by atoms with Gasteiger partial charge in [-0.2, -0.15) is 15.2 Å². The monoisotopic (exact) mass is 646 g/mol. The topological polar surface area (TPSA) is 139 Å². The van der Waals surface area contributed by atoms with Crippen molar-refractivity contribution >= 4 is 43.1 Å². The second-order valence-corrected chi connectivity index (χ2v) is 13.4. The normalized spacial score (nSPS) is 22.9. The third-order valence-corrected chi connectivity index (χ3v) is 10.6. The maximum Gasteiger partial charge on any atom is 0.319 e. The molecule has 4 aliphatic heterocycles. The number of aliphatic hydroxyl groups is 1. The molecule has 0 spiro atoms. The predicted octanol–water partition coefficient (Wildman–Crippen LogP) is 3.96. The summed E-state index contributed by atoms with van der Waals surface area (Å²) in [6.45, 7) is 4.80. The molecule has 8 rings (SSSR count). The van der Waals surface area contributed by atoms with Crippen LogP contribution in [-0.4, -0.2) is 90.8 Å². The van der Waals surface area contributed by atoms with Crippen LogP contribution in [0.3, 0.4) is 0 Å². The molecule has 46 heavy (non-hydrogen) atoms. The predicted molar refractivity (Wildman–Crippen MR) is 171 cm³/mol. The lowest BCUT2D eigenvalue weighted by Crippen LogP contribution is -2.54. The fourth-order valence-electron chi connectivity index (χ4n) is 7.62. The van der Waals surface area contributed by atoms with E-state index in [1.165, 1.54) is 11.3 Å². The Labute approximate surface area is 269 Å². The molecule has 240 valence electrons. The molecule has 11 nitrogen and oxygen atoms in total. The van der Waals surface area contributed by atoms with Gasteiger partial charge >= 0.3 is 6.01 Å². The Morgan fingerprint density at radius 2 is 1.93 bits per heavy atom. The Hall–Kier alpha value is -3.64. The molecule has 0 aliphatic carbocycles. The van der Waals surface area contributed by atoms with Crippen LogP contribution in [0.15, 0.2) is 18.2 Å². The van der Waals surface area contributed by atoms with Crippen LogP contribution < -0.4 is 15.4 Å². The molecule has 4 aromatic rings. The van der Waals surface area contributed by atoms with Gasteiger partial charge in [-0.05, 0) is 42.0 Å². The molecule has 3 saturated heterocycles. The Balaban J connectivity index is 1.31. The van der Waals surface area contributed by atoms with E-state index in [-0.39, 0.29) is 49.5 Å². The summed E-state index contributed by atoms with van der Waals surface area (Å²) < 4.78 is 41.6. The molecule has 3 fully saturated rings. The number of likely N-dealkylation sites (tertiary alicyclic amines) is 1. The highest BCUT2D eigenvalue weighted by molar-refractivity contribution is 7.23. The Morgan fingerprint density at radius 1 is 1.11 bits per heavy atom. The van der Waals surface area contributed by atoms with E-state index in [0.29, 0.717) is 64.7 Å². The van der Waals surface area contributed by atoms with Crippen molar-refractivity contribution in [3.8, 4) is 23.2 Å². The lowest BCUT2D eigenvalue weighted by molar-refractivity contribution is -0.102. The highest BCUT2D eigenvalue weighted by atomic mass is 32.1. The van der Waals surface area contributed by atoms with E-state index in [1.54, 1.807) is 0 Å². The van der Waals surface area contributed by atoms with Crippen LogP contribution >= 0.6 is 11.3 Å². The number of nitriles is 1. The minimum Gasteiger partial charge on any atom is -0.461 e. The van der Waals surface area contributed by atoms with Crippen LogP contribution in [0.2, 0.25) is 0 Å². The van der Waals surface area contributed by atoms with Gasteiger partial charge in [0.05, 0.1) is 44.0 Å². The molecule has 3 atom stereocenters. The fourth-order valence-corrected chi connectivity index (χ4v) is 8.57. The number of nitrogens with zero attached hydrogens (tertiary/aromatic N) is 5. The number of thiophene rings is 1. The summed E-state index contributed by atoms with van der Waals surface area (Å²) >= 11 is 1.32. The second kappa shape index (κ2) is 12.2. The Kier molecular flexibility index (Phi) is 7.88. The standard InChI is InChI=1S/C33H35FN6O5S/c34-29-27(21-3-1-4-25-26(21)22(11-35)31(36)46-25)23-16-43-17-24(23)28-30(29)37-33(45-15-20-14-42-9-10-44-20)38-32(28)40-18-5-6-19(40)13-39(12-18)7-2-8-41/h1,3-4,18-20,41H,2,5-10,12-17,36H2/t18?,19?,20-/m1/s1. The first-order chi connectivity index (χ1) is 22.6. The minimum absolute atomic E-state index is 0.0817. The van der Waals surface area contributed by atoms with Gasteiger partial charge in [0.15, 0.2) is 5.82 Å². The van der Waals surface area contributed by atoms with Crippen molar-refractivity contribution in [1.29, 1.82) is 5.26 Å². The number of fused-ring (bicyclic) bond motifs is 6. The number of benzene rings is 2. The molecule has 0 saturated carbocycles. The number of ether oxygens (including phenoxy) is 4. The SMILES string of the molecule is N#Cc1c(N)sc2cccc(-c3c4c(c5c(N6C7CCC6CN(CCCO)C7)nc(OC[C@H]6COCCO6)nc5c3F)COC4)c12. The Bertz CT molecular complexity index is 1840. The Morgan fingerprint density at radius 3 is 2.70 bits per heavy atom. The highest BCUT2D eigenvalue weighted by Crippen LogP contribution is 2.48. The number of piperazine rings is 1. The average molecular weight is 647 g/mol. The third-order valence-electron chi connectivity index (χ3n) is 9.60. The van der Waals surface area contributed by atoms with Crippen molar-refractivity contribution in [1.82, 2.24) is 14.9 Å². The number of rotatable bonds is 8. The number of anilines is 2. The highest BCUT2D eigenvalue weighted by Gasteiger charge is 2.42. The van der Waals surface area contributed by atoms with E-state index >= 15 is 4.39 Å². The van der Waals surface area contributed by atoms with Gasteiger partial charge in [-0.25, -0.2) is 4.39 Å². The first kappa shape index (κ1) is 29.7. The van der Waals surface area contributed by atoms with Gasteiger partial charge in [-0.15, -0.1) is 11.3 Å². The second-order valence-electron chi connectivity index (χ2n) is 12.3. The molecule has 2 aromatic carbocycles. The number of nitrogen functional groups attached to an aromatic ring is 1. The number of aliphatic hydroxyl groups excluding tert-OH is 1. The van der Waals surface area contributed by atoms with Crippen LogP contribution in [0.4, 0.5) is 15.2 Å². The van der Waals surface area contributed by atoms with Crippen molar-refractivity contribution in [3.63, 3.8) is 0 Å². The van der Waals surface area contributed by atoms with E-state index in [0.717, 1.165) is 54.7 Å². The van der Waals surface area contributed by atoms with Crippen LogP contribution in [0.1, 0.15) is 36.0 Å². The van der Waals surface area contributed by atoms with Crippen LogP contribution in [0, 0.1) is 17.1 Å².